The molecule has 2 aromatic rings. The molecular weight excluding hydrogens is 227 g/mol. The lowest BCUT2D eigenvalue weighted by atomic mass is 9.77. The largest absolute Gasteiger partial charge is 0.489 e. The molecule has 0 fully saturated rings. The van der Waals surface area contributed by atoms with E-state index in [-0.39, 0.29) is 0 Å². The smallest absolute Gasteiger partial charge is 0.488 e. The molecule has 3 nitrogen and oxygen atoms in total. The highest BCUT2D eigenvalue weighted by Crippen LogP contribution is 2.17. The fraction of sp³-hybridized carbons (Fsp3) is 0.143. The van der Waals surface area contributed by atoms with Crippen molar-refractivity contribution in [3.63, 3.8) is 0 Å². The minimum atomic E-state index is -1.47. The summed E-state index contributed by atoms with van der Waals surface area (Å²) in [6.07, 6.45) is 0. The van der Waals surface area contributed by atoms with Crippen molar-refractivity contribution < 1.29 is 14.8 Å². The van der Waals surface area contributed by atoms with E-state index in [1.165, 1.54) is 0 Å². The Morgan fingerprint density at radius 2 is 1.67 bits per heavy atom. The van der Waals surface area contributed by atoms with Crippen LogP contribution in [0.3, 0.4) is 0 Å². The summed E-state index contributed by atoms with van der Waals surface area (Å²) < 4.78 is 5.69. The summed E-state index contributed by atoms with van der Waals surface area (Å²) in [6.45, 7) is 2.29. The highest BCUT2D eigenvalue weighted by molar-refractivity contribution is 6.59. The highest BCUT2D eigenvalue weighted by Gasteiger charge is 2.15. The lowest BCUT2D eigenvalue weighted by Crippen LogP contribution is -2.33. The monoisotopic (exact) mass is 242 g/mol. The quantitative estimate of drug-likeness (QED) is 0.793. The third-order valence-electron chi connectivity index (χ3n) is 2.81. The Labute approximate surface area is 107 Å². The van der Waals surface area contributed by atoms with Crippen molar-refractivity contribution in [1.29, 1.82) is 0 Å². The van der Waals surface area contributed by atoms with Gasteiger partial charge in [-0.3, -0.25) is 0 Å². The maximum Gasteiger partial charge on any atom is 0.488 e. The molecular formula is C14H15BO3. The van der Waals surface area contributed by atoms with E-state index in [2.05, 4.69) is 0 Å². The molecule has 0 aromatic heterocycles. The molecule has 0 bridgehead atoms. The van der Waals surface area contributed by atoms with Gasteiger partial charge in [-0.25, -0.2) is 0 Å². The van der Waals surface area contributed by atoms with Crippen molar-refractivity contribution in [2.45, 2.75) is 13.5 Å². The molecule has 2 rings (SSSR count). The number of rotatable bonds is 4. The molecule has 0 amide bonds. The second kappa shape index (κ2) is 5.71. The van der Waals surface area contributed by atoms with E-state index >= 15 is 0 Å². The van der Waals surface area contributed by atoms with Gasteiger partial charge in [0.2, 0.25) is 0 Å². The summed E-state index contributed by atoms with van der Waals surface area (Å²) in [5.41, 5.74) is 2.31. The second-order valence-electron chi connectivity index (χ2n) is 4.13. The maximum absolute atomic E-state index is 9.26. The van der Waals surface area contributed by atoms with Crippen molar-refractivity contribution in [3.8, 4) is 5.75 Å². The summed E-state index contributed by atoms with van der Waals surface area (Å²) in [6, 6.07) is 14.9. The summed E-state index contributed by atoms with van der Waals surface area (Å²) in [5.74, 6) is 0.805. The molecule has 0 unspecified atom stereocenters. The molecule has 0 aliphatic rings. The van der Waals surface area contributed by atoms with E-state index in [9.17, 15) is 10.0 Å². The van der Waals surface area contributed by atoms with Gasteiger partial charge in [0.05, 0.1) is 0 Å². The molecule has 0 aliphatic carbocycles. The molecule has 0 radical (unpaired) electrons. The van der Waals surface area contributed by atoms with E-state index in [0.717, 1.165) is 16.9 Å². The summed E-state index contributed by atoms with van der Waals surface area (Å²) in [5, 5.41) is 18.5. The number of hydrogen-bond donors (Lipinski definition) is 2. The van der Waals surface area contributed by atoms with Crippen molar-refractivity contribution >= 4 is 12.6 Å². The van der Waals surface area contributed by atoms with Crippen LogP contribution in [0.4, 0.5) is 0 Å². The second-order valence-corrected chi connectivity index (χ2v) is 4.13. The van der Waals surface area contributed by atoms with Crippen LogP contribution in [0.25, 0.3) is 0 Å². The third-order valence-corrected chi connectivity index (χ3v) is 2.81. The normalized spacial score (nSPS) is 10.2. The van der Waals surface area contributed by atoms with Gasteiger partial charge in [-0.1, -0.05) is 42.5 Å². The van der Waals surface area contributed by atoms with Crippen LogP contribution in [0, 0.1) is 6.92 Å². The van der Waals surface area contributed by atoms with Crippen LogP contribution in [0.2, 0.25) is 0 Å². The van der Waals surface area contributed by atoms with Crippen LogP contribution < -0.4 is 10.2 Å². The van der Waals surface area contributed by atoms with Crippen molar-refractivity contribution in [2.75, 3.05) is 0 Å². The van der Waals surface area contributed by atoms with E-state index in [1.54, 1.807) is 12.1 Å². The zero-order chi connectivity index (χ0) is 13.0. The van der Waals surface area contributed by atoms with Gasteiger partial charge in [0.15, 0.2) is 0 Å². The lowest BCUT2D eigenvalue weighted by Gasteiger charge is -2.12. The van der Waals surface area contributed by atoms with Gasteiger partial charge in [0.25, 0.3) is 0 Å². The minimum absolute atomic E-state index is 0.318. The Hall–Kier alpha value is -1.78. The molecule has 92 valence electrons. The Bertz CT molecular complexity index is 526. The van der Waals surface area contributed by atoms with E-state index in [0.29, 0.717) is 12.1 Å². The number of hydrogen-bond acceptors (Lipinski definition) is 3. The van der Waals surface area contributed by atoms with Gasteiger partial charge < -0.3 is 14.8 Å². The number of ether oxygens (including phenoxy) is 1. The SMILES string of the molecule is Cc1ccccc1OCc1ccccc1B(O)O. The molecule has 0 saturated carbocycles. The van der Waals surface area contributed by atoms with Crippen LogP contribution in [0.1, 0.15) is 11.1 Å². The first-order chi connectivity index (χ1) is 8.68. The predicted molar refractivity (Wildman–Crippen MR) is 71.8 cm³/mol. The van der Waals surface area contributed by atoms with Crippen molar-refractivity contribution in [3.05, 3.63) is 59.7 Å². The first-order valence-electron chi connectivity index (χ1n) is 5.81. The minimum Gasteiger partial charge on any atom is -0.489 e. The van der Waals surface area contributed by atoms with Gasteiger partial charge in [0, 0.05) is 0 Å². The topological polar surface area (TPSA) is 49.7 Å². The van der Waals surface area contributed by atoms with Gasteiger partial charge in [0.1, 0.15) is 12.4 Å². The third kappa shape index (κ3) is 2.91. The summed E-state index contributed by atoms with van der Waals surface area (Å²) in [7, 11) is -1.47. The predicted octanol–water partition coefficient (Wildman–Crippen LogP) is 1.25. The van der Waals surface area contributed by atoms with Crippen molar-refractivity contribution in [2.24, 2.45) is 0 Å². The molecule has 0 saturated heterocycles. The first kappa shape index (κ1) is 12.7. The molecule has 0 spiro atoms. The van der Waals surface area contributed by atoms with E-state index < -0.39 is 7.12 Å². The Kier molecular flexibility index (Phi) is 4.02. The first-order valence-corrected chi connectivity index (χ1v) is 5.81. The fourth-order valence-electron chi connectivity index (χ4n) is 1.79. The van der Waals surface area contributed by atoms with Gasteiger partial charge in [-0.05, 0) is 29.6 Å². The molecule has 0 heterocycles. The molecule has 2 N–H and O–H groups in total. The zero-order valence-electron chi connectivity index (χ0n) is 10.2. The zero-order valence-corrected chi connectivity index (χ0v) is 10.2. The van der Waals surface area contributed by atoms with Crippen LogP contribution in [0.15, 0.2) is 48.5 Å². The maximum atomic E-state index is 9.26. The lowest BCUT2D eigenvalue weighted by molar-refractivity contribution is 0.304. The summed E-state index contributed by atoms with van der Waals surface area (Å²) >= 11 is 0. The number of para-hydroxylation sites is 1. The van der Waals surface area contributed by atoms with E-state index in [1.807, 2.05) is 43.3 Å². The van der Waals surface area contributed by atoms with Crippen LogP contribution in [-0.4, -0.2) is 17.2 Å². The fourth-order valence-corrected chi connectivity index (χ4v) is 1.79. The van der Waals surface area contributed by atoms with E-state index in [4.69, 9.17) is 4.74 Å². The molecule has 2 aromatic carbocycles. The van der Waals surface area contributed by atoms with Gasteiger partial charge >= 0.3 is 7.12 Å². The highest BCUT2D eigenvalue weighted by atomic mass is 16.5. The van der Waals surface area contributed by atoms with Crippen LogP contribution in [0.5, 0.6) is 5.75 Å². The Morgan fingerprint density at radius 3 is 2.39 bits per heavy atom. The average Bonchev–Trinajstić information content (AvgIpc) is 2.38. The van der Waals surface area contributed by atoms with Gasteiger partial charge in [-0.2, -0.15) is 0 Å². The molecule has 4 heteroatoms. The average molecular weight is 242 g/mol. The summed E-state index contributed by atoms with van der Waals surface area (Å²) in [4.78, 5) is 0. The van der Waals surface area contributed by atoms with Crippen LogP contribution >= 0.6 is 0 Å². The molecule has 0 atom stereocenters. The Balaban J connectivity index is 2.14. The molecule has 18 heavy (non-hydrogen) atoms. The number of aryl methyl sites for hydroxylation is 1. The number of benzene rings is 2. The van der Waals surface area contributed by atoms with Crippen molar-refractivity contribution in [1.82, 2.24) is 0 Å². The molecule has 0 aliphatic heterocycles. The van der Waals surface area contributed by atoms with Gasteiger partial charge in [-0.15, -0.1) is 0 Å². The Morgan fingerprint density at radius 1 is 1.00 bits per heavy atom. The standard InChI is InChI=1S/C14H15BO3/c1-11-6-2-5-9-14(11)18-10-12-7-3-4-8-13(12)15(16)17/h2-9,16-17H,10H2,1H3. The van der Waals surface area contributed by atoms with Crippen LogP contribution in [-0.2, 0) is 6.61 Å².